The molecule has 1 N–H and O–H groups in total. The molecule has 5 heteroatoms. The molecule has 0 aromatic heterocycles. The molecule has 0 bridgehead atoms. The molecule has 0 spiro atoms. The Morgan fingerprint density at radius 2 is 2.10 bits per heavy atom. The Hall–Kier alpha value is -1.43. The second-order valence-electron chi connectivity index (χ2n) is 5.23. The quantitative estimate of drug-likeness (QED) is 0.865. The van der Waals surface area contributed by atoms with Crippen molar-refractivity contribution in [3.05, 3.63) is 35.9 Å². The minimum Gasteiger partial charge on any atom is -0.376 e. The maximum atomic E-state index is 12.4. The maximum Gasteiger partial charge on any atom is 0.241 e. The number of nitrogens with one attached hydrogen (secondary N) is 1. The molecule has 0 saturated carbocycles. The van der Waals surface area contributed by atoms with Gasteiger partial charge in [-0.05, 0) is 12.0 Å². The molecule has 0 radical (unpaired) electrons. The van der Waals surface area contributed by atoms with E-state index in [9.17, 15) is 4.79 Å². The zero-order valence-electron chi connectivity index (χ0n) is 11.5. The molecule has 1 aromatic rings. The molecule has 2 heterocycles. The summed E-state index contributed by atoms with van der Waals surface area (Å²) in [4.78, 5) is 14.2. The Labute approximate surface area is 118 Å². The SMILES string of the molecule is O=C1C(Cc2ccccc2)NCN1CC1COCCO1. The fourth-order valence-electron chi connectivity index (χ4n) is 2.66. The van der Waals surface area contributed by atoms with Crippen LogP contribution in [0.2, 0.25) is 0 Å². The molecule has 20 heavy (non-hydrogen) atoms. The molecule has 2 atom stereocenters. The van der Waals surface area contributed by atoms with Crippen molar-refractivity contribution in [3.8, 4) is 0 Å². The van der Waals surface area contributed by atoms with Gasteiger partial charge >= 0.3 is 0 Å². The van der Waals surface area contributed by atoms with Crippen LogP contribution >= 0.6 is 0 Å². The van der Waals surface area contributed by atoms with Crippen molar-refractivity contribution >= 4 is 5.91 Å². The summed E-state index contributed by atoms with van der Waals surface area (Å²) >= 11 is 0. The van der Waals surface area contributed by atoms with Crippen LogP contribution in [0.3, 0.4) is 0 Å². The number of hydrogen-bond acceptors (Lipinski definition) is 4. The van der Waals surface area contributed by atoms with Gasteiger partial charge in [-0.1, -0.05) is 30.3 Å². The predicted octanol–water partition coefficient (Wildman–Crippen LogP) is 0.402. The van der Waals surface area contributed by atoms with Crippen LogP contribution < -0.4 is 5.32 Å². The molecule has 0 aliphatic carbocycles. The number of hydrogen-bond donors (Lipinski definition) is 1. The summed E-state index contributed by atoms with van der Waals surface area (Å²) in [5, 5.41) is 3.27. The summed E-state index contributed by atoms with van der Waals surface area (Å²) < 4.78 is 11.0. The summed E-state index contributed by atoms with van der Waals surface area (Å²) in [7, 11) is 0. The lowest BCUT2D eigenvalue weighted by Crippen LogP contribution is -2.41. The number of carbonyl (C=O) groups is 1. The van der Waals surface area contributed by atoms with Crippen molar-refractivity contribution in [2.75, 3.05) is 33.0 Å². The van der Waals surface area contributed by atoms with Crippen LogP contribution in [-0.2, 0) is 20.7 Å². The van der Waals surface area contributed by atoms with Gasteiger partial charge in [0.1, 0.15) is 0 Å². The standard InChI is InChI=1S/C15H20N2O3/c18-15-14(8-12-4-2-1-3-5-12)16-11-17(15)9-13-10-19-6-7-20-13/h1-5,13-14,16H,6-11H2. The van der Waals surface area contributed by atoms with Gasteiger partial charge in [0.25, 0.3) is 0 Å². The molecular weight excluding hydrogens is 256 g/mol. The summed E-state index contributed by atoms with van der Waals surface area (Å²) in [5.74, 6) is 0.156. The third-order valence-electron chi connectivity index (χ3n) is 3.73. The van der Waals surface area contributed by atoms with E-state index in [0.717, 1.165) is 6.42 Å². The van der Waals surface area contributed by atoms with E-state index >= 15 is 0 Å². The topological polar surface area (TPSA) is 50.8 Å². The zero-order valence-corrected chi connectivity index (χ0v) is 11.5. The van der Waals surface area contributed by atoms with E-state index in [0.29, 0.717) is 33.0 Å². The first-order valence-corrected chi connectivity index (χ1v) is 7.08. The molecular formula is C15H20N2O3. The predicted molar refractivity (Wildman–Crippen MR) is 74.2 cm³/mol. The van der Waals surface area contributed by atoms with Crippen LogP contribution in [0.15, 0.2) is 30.3 Å². The Bertz CT molecular complexity index is 446. The lowest BCUT2D eigenvalue weighted by Gasteiger charge is -2.27. The highest BCUT2D eigenvalue weighted by Gasteiger charge is 2.32. The smallest absolute Gasteiger partial charge is 0.241 e. The second kappa shape index (κ2) is 6.35. The molecule has 108 valence electrons. The highest BCUT2D eigenvalue weighted by molar-refractivity contribution is 5.84. The zero-order chi connectivity index (χ0) is 13.8. The molecule has 3 rings (SSSR count). The van der Waals surface area contributed by atoms with E-state index in [2.05, 4.69) is 17.4 Å². The van der Waals surface area contributed by atoms with Crippen LogP contribution in [0.5, 0.6) is 0 Å². The minimum atomic E-state index is -0.123. The number of nitrogens with zero attached hydrogens (tertiary/aromatic N) is 1. The average molecular weight is 276 g/mol. The molecule has 2 saturated heterocycles. The van der Waals surface area contributed by atoms with E-state index < -0.39 is 0 Å². The van der Waals surface area contributed by atoms with Crippen molar-refractivity contribution in [1.82, 2.24) is 10.2 Å². The fraction of sp³-hybridized carbons (Fsp3) is 0.533. The summed E-state index contributed by atoms with van der Waals surface area (Å²) in [6.07, 6.45) is 0.739. The van der Waals surface area contributed by atoms with Crippen LogP contribution in [0.1, 0.15) is 5.56 Å². The molecule has 2 aliphatic rings. The Morgan fingerprint density at radius 3 is 2.85 bits per heavy atom. The average Bonchev–Trinajstić information content (AvgIpc) is 2.83. The van der Waals surface area contributed by atoms with E-state index in [1.165, 1.54) is 5.56 Å². The van der Waals surface area contributed by atoms with Crippen LogP contribution in [0, 0.1) is 0 Å². The van der Waals surface area contributed by atoms with Crippen molar-refractivity contribution in [2.45, 2.75) is 18.6 Å². The molecule has 1 aromatic carbocycles. The normalized spacial score (nSPS) is 27.0. The van der Waals surface area contributed by atoms with Gasteiger partial charge in [0.2, 0.25) is 5.91 Å². The molecule has 5 nitrogen and oxygen atoms in total. The van der Waals surface area contributed by atoms with Gasteiger partial charge in [-0.3, -0.25) is 10.1 Å². The maximum absolute atomic E-state index is 12.4. The number of benzene rings is 1. The van der Waals surface area contributed by atoms with Crippen molar-refractivity contribution in [1.29, 1.82) is 0 Å². The van der Waals surface area contributed by atoms with Crippen LogP contribution in [0.4, 0.5) is 0 Å². The number of amides is 1. The Kier molecular flexibility index (Phi) is 4.30. The minimum absolute atomic E-state index is 0.00461. The summed E-state index contributed by atoms with van der Waals surface area (Å²) in [5.41, 5.74) is 1.18. The van der Waals surface area contributed by atoms with Gasteiger partial charge in [-0.15, -0.1) is 0 Å². The highest BCUT2D eigenvalue weighted by Crippen LogP contribution is 2.12. The van der Waals surface area contributed by atoms with E-state index in [4.69, 9.17) is 9.47 Å². The van der Waals surface area contributed by atoms with E-state index in [1.54, 1.807) is 0 Å². The van der Waals surface area contributed by atoms with Gasteiger partial charge in [0, 0.05) is 0 Å². The van der Waals surface area contributed by atoms with Crippen LogP contribution in [0.25, 0.3) is 0 Å². The third-order valence-corrected chi connectivity index (χ3v) is 3.73. The molecule has 2 fully saturated rings. The second-order valence-corrected chi connectivity index (χ2v) is 5.23. The first-order chi connectivity index (χ1) is 9.83. The van der Waals surface area contributed by atoms with Gasteiger partial charge in [0.05, 0.1) is 45.2 Å². The van der Waals surface area contributed by atoms with Gasteiger partial charge in [-0.2, -0.15) is 0 Å². The van der Waals surface area contributed by atoms with E-state index in [-0.39, 0.29) is 18.1 Å². The Balaban J connectivity index is 1.54. The first-order valence-electron chi connectivity index (χ1n) is 7.08. The number of rotatable bonds is 4. The van der Waals surface area contributed by atoms with Gasteiger partial charge in [0.15, 0.2) is 0 Å². The van der Waals surface area contributed by atoms with Crippen molar-refractivity contribution in [2.24, 2.45) is 0 Å². The number of carbonyl (C=O) groups excluding carboxylic acids is 1. The van der Waals surface area contributed by atoms with E-state index in [1.807, 2.05) is 23.1 Å². The largest absolute Gasteiger partial charge is 0.376 e. The molecule has 2 unspecified atom stereocenters. The van der Waals surface area contributed by atoms with Crippen molar-refractivity contribution in [3.63, 3.8) is 0 Å². The fourth-order valence-corrected chi connectivity index (χ4v) is 2.66. The van der Waals surface area contributed by atoms with Gasteiger partial charge in [-0.25, -0.2) is 0 Å². The summed E-state index contributed by atoms with van der Waals surface area (Å²) in [6.45, 7) is 3.05. The van der Waals surface area contributed by atoms with Crippen molar-refractivity contribution < 1.29 is 14.3 Å². The molecule has 2 aliphatic heterocycles. The van der Waals surface area contributed by atoms with Crippen LogP contribution in [-0.4, -0.2) is 56.0 Å². The third kappa shape index (κ3) is 3.17. The first kappa shape index (κ1) is 13.5. The lowest BCUT2D eigenvalue weighted by atomic mass is 10.1. The molecule has 1 amide bonds. The van der Waals surface area contributed by atoms with Gasteiger partial charge < -0.3 is 14.4 Å². The highest BCUT2D eigenvalue weighted by atomic mass is 16.6. The number of ether oxygens (including phenoxy) is 2. The summed E-state index contributed by atoms with van der Waals surface area (Å²) in [6, 6.07) is 9.97. The monoisotopic (exact) mass is 276 g/mol. The lowest BCUT2D eigenvalue weighted by molar-refractivity contribution is -0.135. The Morgan fingerprint density at radius 1 is 1.25 bits per heavy atom.